The summed E-state index contributed by atoms with van der Waals surface area (Å²) in [6.07, 6.45) is 7.01. The topological polar surface area (TPSA) is 59.3 Å². The minimum atomic E-state index is 0.220. The highest BCUT2D eigenvalue weighted by atomic mass is 16.1. The summed E-state index contributed by atoms with van der Waals surface area (Å²) in [4.78, 5) is 11.7. The maximum absolute atomic E-state index is 11.7. The molecule has 0 atom stereocenters. The van der Waals surface area contributed by atoms with E-state index in [1.165, 1.54) is 6.42 Å². The molecule has 5 nitrogen and oxygen atoms in total. The molecular weight excluding hydrogens is 240 g/mol. The summed E-state index contributed by atoms with van der Waals surface area (Å²) in [6.45, 7) is 0.719. The minimum absolute atomic E-state index is 0.220. The van der Waals surface area contributed by atoms with Crippen LogP contribution in [0.2, 0.25) is 0 Å². The van der Waals surface area contributed by atoms with Gasteiger partial charge in [0.05, 0.1) is 0 Å². The predicted octanol–water partition coefficient (Wildman–Crippen LogP) is 1.58. The lowest BCUT2D eigenvalue weighted by molar-refractivity contribution is -0.127. The quantitative estimate of drug-likeness (QED) is 0.828. The highest BCUT2D eigenvalue weighted by molar-refractivity contribution is 5.79. The number of pyridine rings is 1. The standard InChI is InChI=1S/C14H18N4O/c19-14(11-5-3-6-11)15-9-4-8-13-17-16-12-7-1-2-10-18(12)13/h1-2,7,10-11H,3-6,8-9H2,(H,15,19). The highest BCUT2D eigenvalue weighted by Crippen LogP contribution is 2.26. The Morgan fingerprint density at radius 1 is 1.37 bits per heavy atom. The van der Waals surface area contributed by atoms with Crippen molar-refractivity contribution in [2.24, 2.45) is 5.92 Å². The number of carbonyl (C=O) groups is 1. The van der Waals surface area contributed by atoms with Crippen molar-refractivity contribution in [3.05, 3.63) is 30.2 Å². The maximum Gasteiger partial charge on any atom is 0.223 e. The summed E-state index contributed by atoms with van der Waals surface area (Å²) in [7, 11) is 0. The normalized spacial score (nSPS) is 15.4. The number of fused-ring (bicyclic) bond motifs is 1. The second-order valence-electron chi connectivity index (χ2n) is 5.07. The molecule has 100 valence electrons. The number of hydrogen-bond donors (Lipinski definition) is 1. The largest absolute Gasteiger partial charge is 0.356 e. The van der Waals surface area contributed by atoms with Crippen LogP contribution in [-0.4, -0.2) is 27.0 Å². The molecule has 1 N–H and O–H groups in total. The smallest absolute Gasteiger partial charge is 0.223 e. The second kappa shape index (κ2) is 5.38. The first-order valence-electron chi connectivity index (χ1n) is 6.91. The van der Waals surface area contributed by atoms with Crippen molar-refractivity contribution in [1.82, 2.24) is 19.9 Å². The number of aromatic nitrogens is 3. The van der Waals surface area contributed by atoms with Gasteiger partial charge in [-0.05, 0) is 31.4 Å². The molecule has 0 bridgehead atoms. The van der Waals surface area contributed by atoms with E-state index in [0.29, 0.717) is 0 Å². The van der Waals surface area contributed by atoms with E-state index < -0.39 is 0 Å². The number of amides is 1. The molecule has 1 aliphatic carbocycles. The molecule has 19 heavy (non-hydrogen) atoms. The monoisotopic (exact) mass is 258 g/mol. The molecule has 1 saturated carbocycles. The number of carbonyl (C=O) groups excluding carboxylic acids is 1. The average molecular weight is 258 g/mol. The van der Waals surface area contributed by atoms with Crippen molar-refractivity contribution in [2.75, 3.05) is 6.54 Å². The first-order chi connectivity index (χ1) is 9.34. The van der Waals surface area contributed by atoms with Gasteiger partial charge in [-0.1, -0.05) is 12.5 Å². The Labute approximate surface area is 112 Å². The van der Waals surface area contributed by atoms with Gasteiger partial charge in [-0.2, -0.15) is 0 Å². The van der Waals surface area contributed by atoms with E-state index in [-0.39, 0.29) is 11.8 Å². The van der Waals surface area contributed by atoms with Crippen molar-refractivity contribution in [2.45, 2.75) is 32.1 Å². The van der Waals surface area contributed by atoms with E-state index in [1.807, 2.05) is 28.8 Å². The third-order valence-electron chi connectivity index (χ3n) is 3.74. The van der Waals surface area contributed by atoms with E-state index in [4.69, 9.17) is 0 Å². The van der Waals surface area contributed by atoms with E-state index in [9.17, 15) is 4.79 Å². The Balaban J connectivity index is 1.48. The van der Waals surface area contributed by atoms with E-state index in [0.717, 1.165) is 43.7 Å². The summed E-state index contributed by atoms with van der Waals surface area (Å²) in [5.74, 6) is 1.44. The van der Waals surface area contributed by atoms with Gasteiger partial charge in [0.1, 0.15) is 5.82 Å². The van der Waals surface area contributed by atoms with Crippen LogP contribution in [0.1, 0.15) is 31.5 Å². The van der Waals surface area contributed by atoms with Gasteiger partial charge in [-0.25, -0.2) is 0 Å². The Morgan fingerprint density at radius 3 is 3.05 bits per heavy atom. The molecule has 1 amide bonds. The zero-order valence-electron chi connectivity index (χ0n) is 10.9. The van der Waals surface area contributed by atoms with Gasteiger partial charge in [0.2, 0.25) is 5.91 Å². The molecule has 0 aliphatic heterocycles. The van der Waals surface area contributed by atoms with Crippen molar-refractivity contribution in [1.29, 1.82) is 0 Å². The van der Waals surface area contributed by atoms with Crippen LogP contribution in [0.5, 0.6) is 0 Å². The van der Waals surface area contributed by atoms with E-state index >= 15 is 0 Å². The number of rotatable bonds is 5. The zero-order chi connectivity index (χ0) is 13.1. The fourth-order valence-corrected chi connectivity index (χ4v) is 2.33. The Kier molecular flexibility index (Phi) is 3.44. The van der Waals surface area contributed by atoms with Crippen molar-refractivity contribution >= 4 is 11.6 Å². The Bertz CT molecular complexity index is 574. The van der Waals surface area contributed by atoms with Gasteiger partial charge in [-0.3, -0.25) is 9.20 Å². The molecular formula is C14H18N4O. The molecule has 2 aromatic rings. The fourth-order valence-electron chi connectivity index (χ4n) is 2.33. The number of aryl methyl sites for hydroxylation is 1. The molecule has 0 radical (unpaired) electrons. The molecule has 0 saturated heterocycles. The lowest BCUT2D eigenvalue weighted by Crippen LogP contribution is -2.35. The van der Waals surface area contributed by atoms with Crippen molar-refractivity contribution in [3.8, 4) is 0 Å². The average Bonchev–Trinajstić information content (AvgIpc) is 2.76. The van der Waals surface area contributed by atoms with Crippen LogP contribution in [0.3, 0.4) is 0 Å². The number of nitrogens with one attached hydrogen (secondary N) is 1. The van der Waals surface area contributed by atoms with Gasteiger partial charge in [0, 0.05) is 25.1 Å². The van der Waals surface area contributed by atoms with Crippen LogP contribution in [0.25, 0.3) is 5.65 Å². The Hall–Kier alpha value is -1.91. The van der Waals surface area contributed by atoms with Crippen molar-refractivity contribution in [3.63, 3.8) is 0 Å². The summed E-state index contributed by atoms with van der Waals surface area (Å²) in [6, 6.07) is 5.86. The van der Waals surface area contributed by atoms with Crippen LogP contribution in [0, 0.1) is 5.92 Å². The molecule has 1 fully saturated rings. The Morgan fingerprint density at radius 2 is 2.26 bits per heavy atom. The van der Waals surface area contributed by atoms with Crippen LogP contribution >= 0.6 is 0 Å². The summed E-state index contributed by atoms with van der Waals surface area (Å²) >= 11 is 0. The molecule has 2 aromatic heterocycles. The summed E-state index contributed by atoms with van der Waals surface area (Å²) < 4.78 is 1.99. The molecule has 0 spiro atoms. The fraction of sp³-hybridized carbons (Fsp3) is 0.500. The van der Waals surface area contributed by atoms with Gasteiger partial charge in [-0.15, -0.1) is 10.2 Å². The predicted molar refractivity (Wildman–Crippen MR) is 71.7 cm³/mol. The van der Waals surface area contributed by atoms with Gasteiger partial charge in [0.25, 0.3) is 0 Å². The van der Waals surface area contributed by atoms with E-state index in [1.54, 1.807) is 0 Å². The van der Waals surface area contributed by atoms with Gasteiger partial charge >= 0.3 is 0 Å². The highest BCUT2D eigenvalue weighted by Gasteiger charge is 2.24. The molecule has 5 heteroatoms. The zero-order valence-corrected chi connectivity index (χ0v) is 10.9. The lowest BCUT2D eigenvalue weighted by atomic mass is 9.85. The summed E-state index contributed by atoms with van der Waals surface area (Å²) in [5, 5.41) is 11.3. The van der Waals surface area contributed by atoms with Gasteiger partial charge in [0.15, 0.2) is 5.65 Å². The number of hydrogen-bond acceptors (Lipinski definition) is 3. The van der Waals surface area contributed by atoms with E-state index in [2.05, 4.69) is 15.5 Å². The maximum atomic E-state index is 11.7. The molecule has 0 aromatic carbocycles. The minimum Gasteiger partial charge on any atom is -0.356 e. The van der Waals surface area contributed by atoms with Gasteiger partial charge < -0.3 is 5.32 Å². The number of nitrogens with zero attached hydrogens (tertiary/aromatic N) is 3. The third kappa shape index (κ3) is 2.59. The lowest BCUT2D eigenvalue weighted by Gasteiger charge is -2.23. The van der Waals surface area contributed by atoms with Crippen LogP contribution in [0.4, 0.5) is 0 Å². The molecule has 0 unspecified atom stereocenters. The van der Waals surface area contributed by atoms with Crippen LogP contribution in [-0.2, 0) is 11.2 Å². The first-order valence-corrected chi connectivity index (χ1v) is 6.91. The SMILES string of the molecule is O=C(NCCCc1nnc2ccccn12)C1CCC1. The second-order valence-corrected chi connectivity index (χ2v) is 5.07. The molecule has 2 heterocycles. The van der Waals surface area contributed by atoms with Crippen LogP contribution in [0.15, 0.2) is 24.4 Å². The molecule has 1 aliphatic rings. The summed E-state index contributed by atoms with van der Waals surface area (Å²) in [5.41, 5.74) is 0.871. The third-order valence-corrected chi connectivity index (χ3v) is 3.74. The first kappa shape index (κ1) is 12.1. The molecule has 3 rings (SSSR count). The van der Waals surface area contributed by atoms with Crippen molar-refractivity contribution < 1.29 is 4.79 Å². The van der Waals surface area contributed by atoms with Crippen LogP contribution < -0.4 is 5.32 Å².